The zero-order valence-electron chi connectivity index (χ0n) is 21.8. The monoisotopic (exact) mass is 538 g/mol. The molecule has 1 fully saturated rings. The first-order valence-electron chi connectivity index (χ1n) is 13.0. The molecule has 2 aliphatic heterocycles. The molecule has 202 valence electrons. The predicted octanol–water partition coefficient (Wildman–Crippen LogP) is 3.02. The number of thioether (sulfide) groups is 1. The summed E-state index contributed by atoms with van der Waals surface area (Å²) in [6.45, 7) is 1.81. The first-order chi connectivity index (χ1) is 18.5. The van der Waals surface area contributed by atoms with E-state index in [1.807, 2.05) is 31.4 Å². The lowest BCUT2D eigenvalue weighted by Crippen LogP contribution is -2.48. The van der Waals surface area contributed by atoms with Gasteiger partial charge in [-0.3, -0.25) is 9.48 Å². The average Bonchev–Trinajstić information content (AvgIpc) is 3.59. The topological polar surface area (TPSA) is 108 Å². The summed E-state index contributed by atoms with van der Waals surface area (Å²) in [5.74, 6) is 2.15. The summed E-state index contributed by atoms with van der Waals surface area (Å²) in [5, 5.41) is 21.6. The normalized spacial score (nSPS) is 18.6. The summed E-state index contributed by atoms with van der Waals surface area (Å²) in [4.78, 5) is 13.6. The minimum absolute atomic E-state index is 0.219. The second-order valence-corrected chi connectivity index (χ2v) is 10.7. The largest absolute Gasteiger partial charge is 0.493 e. The van der Waals surface area contributed by atoms with E-state index in [2.05, 4.69) is 34.0 Å². The van der Waals surface area contributed by atoms with E-state index in [1.165, 1.54) is 0 Å². The molecular weight excluding hydrogens is 504 g/mol. The first kappa shape index (κ1) is 26.5. The summed E-state index contributed by atoms with van der Waals surface area (Å²) < 4.78 is 19.3. The van der Waals surface area contributed by atoms with Gasteiger partial charge in [-0.1, -0.05) is 29.5 Å². The lowest BCUT2D eigenvalue weighted by atomic mass is 9.95. The van der Waals surface area contributed by atoms with Crippen LogP contribution in [0.5, 0.6) is 11.5 Å². The lowest BCUT2D eigenvalue weighted by molar-refractivity contribution is -0.0261. The summed E-state index contributed by atoms with van der Waals surface area (Å²) in [6.07, 6.45) is 5.96. The zero-order chi connectivity index (χ0) is 26.5. The maximum Gasteiger partial charge on any atom is 0.255 e. The summed E-state index contributed by atoms with van der Waals surface area (Å²) >= 11 is 1.77. The highest BCUT2D eigenvalue weighted by atomic mass is 32.2. The maximum atomic E-state index is 13.6. The van der Waals surface area contributed by atoms with Crippen LogP contribution in [0.1, 0.15) is 39.9 Å². The van der Waals surface area contributed by atoms with E-state index in [4.69, 9.17) is 14.2 Å². The van der Waals surface area contributed by atoms with Crippen molar-refractivity contribution in [3.8, 4) is 22.8 Å². The standard InChI is InChI=1S/C28H34N4O5S/c1-32-16-24(30-31-32)19-6-4-18(5-7-19)14-20-15-22(28(34)29-23-9-11-35-17-25(23)33)27(36-10-3-13-38-2)21-8-12-37-26(20)21/h4-7,15-16,23,25,33H,3,8-14,17H2,1-2H3,(H,29,34)/t23-,25-/m0/s1. The highest BCUT2D eigenvalue weighted by Gasteiger charge is 2.31. The van der Waals surface area contributed by atoms with E-state index < -0.39 is 6.10 Å². The van der Waals surface area contributed by atoms with E-state index >= 15 is 0 Å². The van der Waals surface area contributed by atoms with Crippen LogP contribution in [0.3, 0.4) is 0 Å². The number of carbonyl (C=O) groups excluding carboxylic acids is 1. The number of aryl methyl sites for hydroxylation is 1. The fourth-order valence-electron chi connectivity index (χ4n) is 4.90. The quantitative estimate of drug-likeness (QED) is 0.380. The Morgan fingerprint density at radius 1 is 1.29 bits per heavy atom. The number of amides is 1. The van der Waals surface area contributed by atoms with E-state index in [1.54, 1.807) is 16.4 Å². The number of fused-ring (bicyclic) bond motifs is 1. The Kier molecular flexibility index (Phi) is 8.51. The fraction of sp³-hybridized carbons (Fsp3) is 0.464. The molecule has 0 spiro atoms. The second kappa shape index (κ2) is 12.2. The summed E-state index contributed by atoms with van der Waals surface area (Å²) in [7, 11) is 1.85. The van der Waals surface area contributed by atoms with Crippen molar-refractivity contribution >= 4 is 17.7 Å². The number of hydrogen-bond acceptors (Lipinski definition) is 8. The number of benzene rings is 2. The maximum absolute atomic E-state index is 13.6. The van der Waals surface area contributed by atoms with Crippen LogP contribution in [0, 0.1) is 0 Å². The molecule has 9 nitrogen and oxygen atoms in total. The first-order valence-corrected chi connectivity index (χ1v) is 14.4. The number of hydrogen-bond donors (Lipinski definition) is 2. The number of rotatable bonds is 10. The molecule has 38 heavy (non-hydrogen) atoms. The van der Waals surface area contributed by atoms with Crippen LogP contribution in [-0.2, 0) is 24.6 Å². The van der Waals surface area contributed by atoms with Gasteiger partial charge < -0.3 is 24.6 Å². The Balaban J connectivity index is 1.43. The summed E-state index contributed by atoms with van der Waals surface area (Å²) in [6, 6.07) is 9.73. The van der Waals surface area contributed by atoms with Crippen LogP contribution in [0.15, 0.2) is 36.5 Å². The van der Waals surface area contributed by atoms with Gasteiger partial charge in [-0.2, -0.15) is 11.8 Å². The molecular formula is C28H34N4O5S. The van der Waals surface area contributed by atoms with E-state index in [-0.39, 0.29) is 18.6 Å². The minimum Gasteiger partial charge on any atom is -0.493 e. The molecule has 0 radical (unpaired) electrons. The van der Waals surface area contributed by atoms with Crippen LogP contribution < -0.4 is 14.8 Å². The van der Waals surface area contributed by atoms with Crippen LogP contribution in [0.25, 0.3) is 11.3 Å². The molecule has 1 amide bonds. The Morgan fingerprint density at radius 3 is 2.87 bits per heavy atom. The molecule has 0 bridgehead atoms. The third kappa shape index (κ3) is 5.98. The predicted molar refractivity (Wildman–Crippen MR) is 146 cm³/mol. The van der Waals surface area contributed by atoms with E-state index in [9.17, 15) is 9.90 Å². The third-order valence-corrected chi connectivity index (χ3v) is 7.57. The smallest absolute Gasteiger partial charge is 0.255 e. The second-order valence-electron chi connectivity index (χ2n) is 9.68. The molecule has 1 aromatic heterocycles. The number of carbonyl (C=O) groups is 1. The molecule has 0 aliphatic carbocycles. The van der Waals surface area contributed by atoms with Crippen molar-refractivity contribution in [3.05, 3.63) is 58.8 Å². The van der Waals surface area contributed by atoms with E-state index in [0.717, 1.165) is 45.9 Å². The van der Waals surface area contributed by atoms with Gasteiger partial charge in [-0.25, -0.2) is 0 Å². The van der Waals surface area contributed by atoms with E-state index in [0.29, 0.717) is 50.4 Å². The van der Waals surface area contributed by atoms with Gasteiger partial charge in [0.25, 0.3) is 5.91 Å². The van der Waals surface area contributed by atoms with Gasteiger partial charge in [0.05, 0.1) is 43.7 Å². The van der Waals surface area contributed by atoms with Crippen molar-refractivity contribution in [2.24, 2.45) is 7.05 Å². The number of nitrogens with one attached hydrogen (secondary N) is 1. The van der Waals surface area contributed by atoms with Crippen LogP contribution in [-0.4, -0.2) is 76.6 Å². The molecule has 2 aromatic carbocycles. The van der Waals surface area contributed by atoms with Crippen LogP contribution in [0.2, 0.25) is 0 Å². The molecule has 2 N–H and O–H groups in total. The Labute approximate surface area is 226 Å². The molecule has 3 aromatic rings. The molecule has 10 heteroatoms. The van der Waals surface area contributed by atoms with Crippen molar-refractivity contribution < 1.29 is 24.1 Å². The summed E-state index contributed by atoms with van der Waals surface area (Å²) in [5.41, 5.74) is 5.28. The third-order valence-electron chi connectivity index (χ3n) is 6.87. The highest BCUT2D eigenvalue weighted by Crippen LogP contribution is 2.41. The Morgan fingerprint density at radius 2 is 2.13 bits per heavy atom. The molecule has 0 unspecified atom stereocenters. The van der Waals surface area contributed by atoms with Crippen molar-refractivity contribution in [3.63, 3.8) is 0 Å². The van der Waals surface area contributed by atoms with Crippen molar-refractivity contribution in [2.45, 2.75) is 37.8 Å². The van der Waals surface area contributed by atoms with Gasteiger partial charge in [0.1, 0.15) is 17.2 Å². The minimum atomic E-state index is -0.733. The molecule has 2 atom stereocenters. The van der Waals surface area contributed by atoms with Gasteiger partial charge in [0.15, 0.2) is 0 Å². The molecule has 1 saturated heterocycles. The average molecular weight is 539 g/mol. The number of aliphatic hydroxyl groups excluding tert-OH is 1. The van der Waals surface area contributed by atoms with Gasteiger partial charge in [-0.15, -0.1) is 5.10 Å². The molecule has 3 heterocycles. The fourth-order valence-corrected chi connectivity index (χ4v) is 5.31. The van der Waals surface area contributed by atoms with Gasteiger partial charge in [0.2, 0.25) is 0 Å². The van der Waals surface area contributed by atoms with Gasteiger partial charge >= 0.3 is 0 Å². The Bertz CT molecular complexity index is 1260. The lowest BCUT2D eigenvalue weighted by Gasteiger charge is -2.29. The highest BCUT2D eigenvalue weighted by molar-refractivity contribution is 7.98. The molecule has 5 rings (SSSR count). The van der Waals surface area contributed by atoms with Crippen LogP contribution >= 0.6 is 11.8 Å². The number of aromatic nitrogens is 3. The van der Waals surface area contributed by atoms with Crippen molar-refractivity contribution in [1.29, 1.82) is 0 Å². The number of aliphatic hydroxyl groups is 1. The van der Waals surface area contributed by atoms with Crippen molar-refractivity contribution in [1.82, 2.24) is 20.3 Å². The van der Waals surface area contributed by atoms with Gasteiger partial charge in [0, 0.05) is 37.6 Å². The number of ether oxygens (including phenoxy) is 3. The van der Waals surface area contributed by atoms with Crippen molar-refractivity contribution in [2.75, 3.05) is 38.4 Å². The van der Waals surface area contributed by atoms with Gasteiger partial charge in [-0.05, 0) is 42.0 Å². The van der Waals surface area contributed by atoms with Crippen LogP contribution in [0.4, 0.5) is 0 Å². The number of nitrogens with zero attached hydrogens (tertiary/aromatic N) is 3. The Hall–Kier alpha value is -3.08. The molecule has 0 saturated carbocycles. The zero-order valence-corrected chi connectivity index (χ0v) is 22.6. The molecule has 2 aliphatic rings. The SMILES string of the molecule is CSCCCOc1c(C(=O)N[C@H]2CCOC[C@@H]2O)cc(Cc2ccc(-c3cn(C)nn3)cc2)c2c1CCO2.